The molecule has 1 aliphatic rings. The van der Waals surface area contributed by atoms with E-state index >= 15 is 0 Å². The first kappa shape index (κ1) is 21.2. The number of carbonyl (C=O) groups is 1. The van der Waals surface area contributed by atoms with Gasteiger partial charge < -0.3 is 19.9 Å². The summed E-state index contributed by atoms with van der Waals surface area (Å²) in [6.07, 6.45) is 3.73. The molecule has 1 aliphatic heterocycles. The standard InChI is InChI=1S/C25H19ClN4O2S/c26-17-8-12-19(13-9-17)30-23(22(28-25(30)33)20-4-1-2-14-27-20)21-5-3-15-29(21)18-10-6-16(7-11-18)24(31)32/h1-15,22-23H,(H,28,33)(H,31,32)/t22-,23-/m0/s1. The van der Waals surface area contributed by atoms with Crippen molar-refractivity contribution in [3.8, 4) is 5.69 Å². The van der Waals surface area contributed by atoms with Gasteiger partial charge in [-0.05, 0) is 85.0 Å². The van der Waals surface area contributed by atoms with E-state index in [1.807, 2.05) is 65.4 Å². The predicted molar refractivity (Wildman–Crippen MR) is 132 cm³/mol. The molecule has 0 unspecified atom stereocenters. The Morgan fingerprint density at radius 2 is 1.70 bits per heavy atom. The minimum Gasteiger partial charge on any atom is -0.478 e. The Labute approximate surface area is 201 Å². The molecule has 4 aromatic rings. The highest BCUT2D eigenvalue weighted by Gasteiger charge is 2.42. The lowest BCUT2D eigenvalue weighted by molar-refractivity contribution is 0.0697. The molecule has 0 bridgehead atoms. The maximum absolute atomic E-state index is 11.3. The molecule has 5 rings (SSSR count). The molecule has 0 saturated carbocycles. The van der Waals surface area contributed by atoms with Crippen molar-refractivity contribution < 1.29 is 9.90 Å². The first-order valence-corrected chi connectivity index (χ1v) is 11.1. The first-order chi connectivity index (χ1) is 16.0. The van der Waals surface area contributed by atoms with E-state index < -0.39 is 5.97 Å². The van der Waals surface area contributed by atoms with Gasteiger partial charge in [-0.2, -0.15) is 0 Å². The molecule has 1 saturated heterocycles. The Morgan fingerprint density at radius 1 is 0.970 bits per heavy atom. The molecule has 6 nitrogen and oxygen atoms in total. The molecule has 3 heterocycles. The van der Waals surface area contributed by atoms with Crippen LogP contribution in [0.5, 0.6) is 0 Å². The van der Waals surface area contributed by atoms with Gasteiger partial charge in [0.15, 0.2) is 5.11 Å². The summed E-state index contributed by atoms with van der Waals surface area (Å²) in [4.78, 5) is 17.9. The van der Waals surface area contributed by atoms with Gasteiger partial charge in [-0.3, -0.25) is 4.98 Å². The van der Waals surface area contributed by atoms with Gasteiger partial charge in [-0.25, -0.2) is 4.79 Å². The van der Waals surface area contributed by atoms with Crippen LogP contribution in [0.3, 0.4) is 0 Å². The zero-order chi connectivity index (χ0) is 22.9. The summed E-state index contributed by atoms with van der Waals surface area (Å²) in [6.45, 7) is 0. The molecule has 0 radical (unpaired) electrons. The summed E-state index contributed by atoms with van der Waals surface area (Å²) in [5.74, 6) is -0.955. The number of aromatic nitrogens is 2. The molecule has 2 aromatic heterocycles. The number of nitrogens with one attached hydrogen (secondary N) is 1. The van der Waals surface area contributed by atoms with Gasteiger partial charge in [0.2, 0.25) is 0 Å². The van der Waals surface area contributed by atoms with Crippen LogP contribution in [0.15, 0.2) is 91.3 Å². The summed E-state index contributed by atoms with van der Waals surface area (Å²) in [5, 5.41) is 13.9. The van der Waals surface area contributed by atoms with Gasteiger partial charge in [0.25, 0.3) is 0 Å². The molecule has 1 fully saturated rings. The molecule has 8 heteroatoms. The number of benzene rings is 2. The van der Waals surface area contributed by atoms with E-state index in [-0.39, 0.29) is 17.6 Å². The second kappa shape index (κ2) is 8.69. The topological polar surface area (TPSA) is 70.4 Å². The van der Waals surface area contributed by atoms with Crippen molar-refractivity contribution in [2.24, 2.45) is 0 Å². The van der Waals surface area contributed by atoms with Gasteiger partial charge in [-0.1, -0.05) is 17.7 Å². The third-order valence-electron chi connectivity index (χ3n) is 5.68. The van der Waals surface area contributed by atoms with E-state index in [1.165, 1.54) is 0 Å². The van der Waals surface area contributed by atoms with Crippen LogP contribution >= 0.6 is 23.8 Å². The van der Waals surface area contributed by atoms with Crippen molar-refractivity contribution >= 4 is 40.6 Å². The number of aromatic carboxylic acids is 1. The fraction of sp³-hybridized carbons (Fsp3) is 0.0800. The second-order valence-corrected chi connectivity index (χ2v) is 8.45. The van der Waals surface area contributed by atoms with E-state index in [0.717, 1.165) is 22.8 Å². The maximum atomic E-state index is 11.3. The number of pyridine rings is 1. The summed E-state index contributed by atoms with van der Waals surface area (Å²) in [6, 6.07) is 23.8. The van der Waals surface area contributed by atoms with Crippen LogP contribution in [-0.4, -0.2) is 25.7 Å². The Morgan fingerprint density at radius 3 is 2.36 bits per heavy atom. The van der Waals surface area contributed by atoms with Gasteiger partial charge in [0, 0.05) is 34.5 Å². The normalized spacial score (nSPS) is 17.7. The van der Waals surface area contributed by atoms with E-state index in [9.17, 15) is 9.90 Å². The van der Waals surface area contributed by atoms with Crippen LogP contribution in [0.25, 0.3) is 5.69 Å². The maximum Gasteiger partial charge on any atom is 0.335 e. The average Bonchev–Trinajstić information content (AvgIpc) is 3.44. The summed E-state index contributed by atoms with van der Waals surface area (Å²) >= 11 is 11.9. The number of carboxylic acid groups (broad SMARTS) is 1. The number of hydrogen-bond acceptors (Lipinski definition) is 3. The largest absolute Gasteiger partial charge is 0.478 e. The van der Waals surface area contributed by atoms with Crippen LogP contribution in [-0.2, 0) is 0 Å². The van der Waals surface area contributed by atoms with E-state index in [4.69, 9.17) is 23.8 Å². The zero-order valence-corrected chi connectivity index (χ0v) is 18.9. The Kier molecular flexibility index (Phi) is 5.58. The SMILES string of the molecule is O=C(O)c1ccc(-n2cccc2[C@H]2[C@H](c3ccccn3)NC(=S)N2c2ccc(Cl)cc2)cc1. The van der Waals surface area contributed by atoms with Gasteiger partial charge >= 0.3 is 5.97 Å². The minimum atomic E-state index is -0.955. The summed E-state index contributed by atoms with van der Waals surface area (Å²) < 4.78 is 2.05. The van der Waals surface area contributed by atoms with E-state index in [0.29, 0.717) is 10.1 Å². The highest BCUT2D eigenvalue weighted by atomic mass is 35.5. The molecule has 2 aromatic carbocycles. The minimum absolute atomic E-state index is 0.193. The molecule has 2 N–H and O–H groups in total. The van der Waals surface area contributed by atoms with Crippen molar-refractivity contribution in [1.29, 1.82) is 0 Å². The number of halogens is 1. The van der Waals surface area contributed by atoms with Gasteiger partial charge in [-0.15, -0.1) is 0 Å². The fourth-order valence-corrected chi connectivity index (χ4v) is 4.64. The summed E-state index contributed by atoms with van der Waals surface area (Å²) in [7, 11) is 0. The third kappa shape index (κ3) is 3.97. The van der Waals surface area contributed by atoms with Gasteiger partial charge in [0.05, 0.1) is 17.3 Å². The van der Waals surface area contributed by atoms with Crippen LogP contribution in [0.2, 0.25) is 5.02 Å². The van der Waals surface area contributed by atoms with Crippen LogP contribution < -0.4 is 10.2 Å². The van der Waals surface area contributed by atoms with Crippen molar-refractivity contribution in [1.82, 2.24) is 14.9 Å². The van der Waals surface area contributed by atoms with Crippen LogP contribution in [0, 0.1) is 0 Å². The number of rotatable bonds is 5. The Balaban J connectivity index is 1.63. The van der Waals surface area contributed by atoms with Crippen molar-refractivity contribution in [3.63, 3.8) is 0 Å². The number of thiocarbonyl (C=S) groups is 1. The lowest BCUT2D eigenvalue weighted by Gasteiger charge is -2.29. The van der Waals surface area contributed by atoms with Crippen molar-refractivity contribution in [3.05, 3.63) is 113 Å². The van der Waals surface area contributed by atoms with Gasteiger partial charge in [0.1, 0.15) is 6.04 Å². The molecule has 33 heavy (non-hydrogen) atoms. The van der Waals surface area contributed by atoms with Crippen LogP contribution in [0.1, 0.15) is 33.8 Å². The number of hydrogen-bond donors (Lipinski definition) is 2. The first-order valence-electron chi connectivity index (χ1n) is 10.3. The number of anilines is 1. The lowest BCUT2D eigenvalue weighted by Crippen LogP contribution is -2.30. The average molecular weight is 475 g/mol. The van der Waals surface area contributed by atoms with E-state index in [1.54, 1.807) is 30.5 Å². The number of carboxylic acids is 1. The molecule has 0 amide bonds. The molecule has 0 spiro atoms. The number of nitrogens with zero attached hydrogens (tertiary/aromatic N) is 3. The molecule has 164 valence electrons. The summed E-state index contributed by atoms with van der Waals surface area (Å²) in [5.41, 5.74) is 3.86. The lowest BCUT2D eigenvalue weighted by atomic mass is 10.0. The van der Waals surface area contributed by atoms with Crippen LogP contribution in [0.4, 0.5) is 5.69 Å². The highest BCUT2D eigenvalue weighted by molar-refractivity contribution is 7.80. The quantitative estimate of drug-likeness (QED) is 0.377. The zero-order valence-electron chi connectivity index (χ0n) is 17.3. The van der Waals surface area contributed by atoms with Crippen molar-refractivity contribution in [2.75, 3.05) is 4.90 Å². The highest BCUT2D eigenvalue weighted by Crippen LogP contribution is 2.42. The fourth-order valence-electron chi connectivity index (χ4n) is 4.17. The molecular weight excluding hydrogens is 456 g/mol. The molecular formula is C25H19ClN4O2S. The van der Waals surface area contributed by atoms with Crippen molar-refractivity contribution in [2.45, 2.75) is 12.1 Å². The molecule has 2 atom stereocenters. The third-order valence-corrected chi connectivity index (χ3v) is 6.25. The molecule has 0 aliphatic carbocycles. The van der Waals surface area contributed by atoms with E-state index in [2.05, 4.69) is 15.2 Å². The predicted octanol–water partition coefficient (Wildman–Crippen LogP) is 5.40. The Bertz CT molecular complexity index is 1310. The smallest absolute Gasteiger partial charge is 0.335 e. The Hall–Kier alpha value is -3.68. The second-order valence-electron chi connectivity index (χ2n) is 7.63. The monoisotopic (exact) mass is 474 g/mol.